The van der Waals surface area contributed by atoms with Gasteiger partial charge in [-0.2, -0.15) is 0 Å². The van der Waals surface area contributed by atoms with Crippen LogP contribution < -0.4 is 0 Å². The van der Waals surface area contributed by atoms with Gasteiger partial charge in [0.05, 0.1) is 34.4 Å². The van der Waals surface area contributed by atoms with Crippen LogP contribution in [0.2, 0.25) is 0 Å². The average Bonchev–Trinajstić information content (AvgIpc) is 3.06. The van der Waals surface area contributed by atoms with Crippen LogP contribution in [0, 0.1) is 0 Å². The third-order valence-corrected chi connectivity index (χ3v) is 8.80. The second-order valence-electron chi connectivity index (χ2n) is 14.5. The number of hydrogen-bond donors (Lipinski definition) is 1. The minimum absolute atomic E-state index is 0.0510. The first-order valence-electron chi connectivity index (χ1n) is 20.0. The molecule has 0 aliphatic heterocycles. The number of allylic oxidation sites excluding steroid dienone is 6. The Morgan fingerprint density at radius 1 is 0.620 bits per heavy atom. The first-order valence-corrected chi connectivity index (χ1v) is 20.0. The van der Waals surface area contributed by atoms with Crippen LogP contribution in [0.5, 0.6) is 0 Å². The molecule has 8 nitrogen and oxygen atoms in total. The summed E-state index contributed by atoms with van der Waals surface area (Å²) in [6.07, 6.45) is 36.1. The topological polar surface area (TPSA) is 99.1 Å². The van der Waals surface area contributed by atoms with E-state index in [1.807, 2.05) is 21.1 Å². The molecule has 0 bridgehead atoms. The van der Waals surface area contributed by atoms with Gasteiger partial charge in [-0.15, -0.1) is 0 Å². The molecule has 0 saturated carbocycles. The monoisotopic (exact) mass is 707 g/mol. The Labute approximate surface area is 306 Å². The molecule has 2 atom stereocenters. The molecule has 0 aliphatic rings. The summed E-state index contributed by atoms with van der Waals surface area (Å²) < 4.78 is 17.2. The molecule has 0 aromatic carbocycles. The predicted octanol–water partition coefficient (Wildman–Crippen LogP) is 10.3. The van der Waals surface area contributed by atoms with Gasteiger partial charge in [-0.3, -0.25) is 9.59 Å². The largest absolute Gasteiger partial charge is 0.477 e. The van der Waals surface area contributed by atoms with E-state index in [-0.39, 0.29) is 36.2 Å². The zero-order chi connectivity index (χ0) is 37.1. The molecular formula is C42H76NO7+. The number of carbonyl (C=O) groups is 3. The molecule has 0 aliphatic carbocycles. The van der Waals surface area contributed by atoms with Crippen molar-refractivity contribution in [3.8, 4) is 0 Å². The Morgan fingerprint density at radius 3 is 1.66 bits per heavy atom. The number of esters is 2. The molecular weight excluding hydrogens is 630 g/mol. The number of ether oxygens (including phenoxy) is 3. The number of aliphatic carboxylic acids is 1. The maximum absolute atomic E-state index is 12.6. The van der Waals surface area contributed by atoms with Crippen molar-refractivity contribution in [2.75, 3.05) is 41.0 Å². The maximum atomic E-state index is 12.6. The van der Waals surface area contributed by atoms with E-state index < -0.39 is 18.1 Å². The van der Waals surface area contributed by atoms with Gasteiger partial charge in [0, 0.05) is 19.3 Å². The highest BCUT2D eigenvalue weighted by molar-refractivity contribution is 5.72. The van der Waals surface area contributed by atoms with Gasteiger partial charge >= 0.3 is 17.9 Å². The summed E-state index contributed by atoms with van der Waals surface area (Å²) in [5.74, 6) is -1.50. The van der Waals surface area contributed by atoms with Crippen molar-refractivity contribution in [3.63, 3.8) is 0 Å². The fourth-order valence-electron chi connectivity index (χ4n) is 5.69. The van der Waals surface area contributed by atoms with Crippen molar-refractivity contribution >= 4 is 17.9 Å². The van der Waals surface area contributed by atoms with Crippen molar-refractivity contribution in [1.29, 1.82) is 0 Å². The summed E-state index contributed by atoms with van der Waals surface area (Å²) in [6, 6.07) is -0.617. The van der Waals surface area contributed by atoms with Gasteiger partial charge in [0.1, 0.15) is 6.61 Å². The Morgan fingerprint density at radius 2 is 1.12 bits per heavy atom. The van der Waals surface area contributed by atoms with E-state index in [4.69, 9.17) is 14.2 Å². The van der Waals surface area contributed by atoms with Crippen LogP contribution in [0.3, 0.4) is 0 Å². The van der Waals surface area contributed by atoms with E-state index >= 15 is 0 Å². The molecule has 0 amide bonds. The highest BCUT2D eigenvalue weighted by Crippen LogP contribution is 2.14. The standard InChI is InChI=1S/C42H75NO7/c1-6-8-10-12-14-16-18-20-22-24-26-28-30-32-40(44)49-37-38(36-48-35-34-39(42(46)47)43(3,4)5)50-41(45)33-31-29-27-25-23-21-19-17-15-13-11-9-7-2/h9,11,15,17,21,23,38-39H,6-8,10,12-14,16,18-20,22,24-37H2,1-5H3/p+1/b11-9-,17-15-,23-21-. The number of unbranched alkanes of at least 4 members (excludes halogenated alkanes) is 15. The lowest BCUT2D eigenvalue weighted by Gasteiger charge is -2.31. The van der Waals surface area contributed by atoms with E-state index in [1.54, 1.807) is 0 Å². The number of carboxylic acids is 1. The van der Waals surface area contributed by atoms with Crippen molar-refractivity contribution in [1.82, 2.24) is 0 Å². The van der Waals surface area contributed by atoms with Gasteiger partial charge in [0.25, 0.3) is 0 Å². The molecule has 0 fully saturated rings. The molecule has 0 rings (SSSR count). The fraction of sp³-hybridized carbons (Fsp3) is 0.786. The lowest BCUT2D eigenvalue weighted by Crippen LogP contribution is -2.50. The smallest absolute Gasteiger partial charge is 0.362 e. The molecule has 50 heavy (non-hydrogen) atoms. The Kier molecular flexibility index (Phi) is 32.0. The van der Waals surface area contributed by atoms with Crippen molar-refractivity contribution < 1.29 is 38.2 Å². The van der Waals surface area contributed by atoms with Crippen LogP contribution in [-0.2, 0) is 28.6 Å². The number of carbonyl (C=O) groups excluding carboxylic acids is 2. The second-order valence-corrected chi connectivity index (χ2v) is 14.5. The summed E-state index contributed by atoms with van der Waals surface area (Å²) in [6.45, 7) is 4.58. The van der Waals surface area contributed by atoms with Gasteiger partial charge < -0.3 is 23.8 Å². The molecule has 0 aromatic rings. The quantitative estimate of drug-likeness (QED) is 0.0303. The first-order chi connectivity index (χ1) is 24.1. The van der Waals surface area contributed by atoms with Crippen LogP contribution >= 0.6 is 0 Å². The average molecular weight is 707 g/mol. The lowest BCUT2D eigenvalue weighted by molar-refractivity contribution is -0.887. The third-order valence-electron chi connectivity index (χ3n) is 8.80. The zero-order valence-electron chi connectivity index (χ0n) is 32.8. The van der Waals surface area contributed by atoms with E-state index in [1.165, 1.54) is 64.2 Å². The molecule has 0 aromatic heterocycles. The number of carboxylic acid groups (broad SMARTS) is 1. The van der Waals surface area contributed by atoms with Gasteiger partial charge in [-0.1, -0.05) is 134 Å². The van der Waals surface area contributed by atoms with Crippen molar-refractivity contribution in [2.45, 2.75) is 174 Å². The lowest BCUT2D eigenvalue weighted by atomic mass is 10.0. The summed E-state index contributed by atoms with van der Waals surface area (Å²) in [5.41, 5.74) is 0. The van der Waals surface area contributed by atoms with Gasteiger partial charge in [-0.05, 0) is 44.9 Å². The molecule has 2 unspecified atom stereocenters. The molecule has 0 heterocycles. The van der Waals surface area contributed by atoms with Crippen molar-refractivity contribution in [3.05, 3.63) is 36.5 Å². The van der Waals surface area contributed by atoms with E-state index in [2.05, 4.69) is 50.3 Å². The van der Waals surface area contributed by atoms with Crippen molar-refractivity contribution in [2.24, 2.45) is 0 Å². The van der Waals surface area contributed by atoms with E-state index in [0.29, 0.717) is 19.3 Å². The SMILES string of the molecule is CC/C=C\C/C=C\C/C=C\CCCCCC(=O)OC(COCCC(C(=O)O)[N+](C)(C)C)COC(=O)CCCCCCCCCCCCCCC. The number of nitrogens with zero attached hydrogens (tertiary/aromatic N) is 1. The molecule has 1 N–H and O–H groups in total. The zero-order valence-corrected chi connectivity index (χ0v) is 32.8. The minimum Gasteiger partial charge on any atom is -0.477 e. The van der Waals surface area contributed by atoms with Crippen LogP contribution in [0.25, 0.3) is 0 Å². The molecule has 0 saturated heterocycles. The van der Waals surface area contributed by atoms with Crippen LogP contribution in [0.1, 0.15) is 162 Å². The molecule has 8 heteroatoms. The highest BCUT2D eigenvalue weighted by Gasteiger charge is 2.31. The summed E-state index contributed by atoms with van der Waals surface area (Å²) in [5, 5.41) is 9.59. The predicted molar refractivity (Wildman–Crippen MR) is 206 cm³/mol. The summed E-state index contributed by atoms with van der Waals surface area (Å²) >= 11 is 0. The molecule has 0 spiro atoms. The molecule has 0 radical (unpaired) electrons. The number of likely N-dealkylation sites (N-methyl/N-ethyl adjacent to an activating group) is 1. The molecule has 290 valence electrons. The number of rotatable bonds is 35. The van der Waals surface area contributed by atoms with Crippen LogP contribution in [0.15, 0.2) is 36.5 Å². The van der Waals surface area contributed by atoms with Gasteiger partial charge in [0.2, 0.25) is 0 Å². The van der Waals surface area contributed by atoms with E-state index in [9.17, 15) is 19.5 Å². The Balaban J connectivity index is 4.44. The summed E-state index contributed by atoms with van der Waals surface area (Å²) in [7, 11) is 5.51. The third kappa shape index (κ3) is 31.5. The van der Waals surface area contributed by atoms with Gasteiger partial charge in [-0.25, -0.2) is 4.79 Å². The number of hydrogen-bond acceptors (Lipinski definition) is 6. The van der Waals surface area contributed by atoms with Gasteiger partial charge in [0.15, 0.2) is 12.1 Å². The van der Waals surface area contributed by atoms with E-state index in [0.717, 1.165) is 64.2 Å². The normalized spacial score (nSPS) is 13.4. The minimum atomic E-state index is -0.881. The maximum Gasteiger partial charge on any atom is 0.362 e. The Bertz CT molecular complexity index is 922. The highest BCUT2D eigenvalue weighted by atomic mass is 16.6. The second kappa shape index (κ2) is 33.7. The first kappa shape index (κ1) is 47.5. The Hall–Kier alpha value is -2.45. The van der Waals surface area contributed by atoms with Crippen LogP contribution in [-0.4, -0.2) is 80.6 Å². The summed E-state index contributed by atoms with van der Waals surface area (Å²) in [4.78, 5) is 36.8. The van der Waals surface area contributed by atoms with Crippen LogP contribution in [0.4, 0.5) is 0 Å². The number of quaternary nitrogens is 1. The fourth-order valence-corrected chi connectivity index (χ4v) is 5.69.